The summed E-state index contributed by atoms with van der Waals surface area (Å²) in [6.45, 7) is 1.73. The molecule has 100 valence electrons. The number of fused-ring (bicyclic) bond motifs is 1. The van der Waals surface area contributed by atoms with Crippen LogP contribution in [0.2, 0.25) is 0 Å². The molecule has 2 aromatic rings. The van der Waals surface area contributed by atoms with E-state index in [-0.39, 0.29) is 0 Å². The van der Waals surface area contributed by atoms with Crippen LogP contribution in [0.4, 0.5) is 0 Å². The molecule has 0 atom stereocenters. The lowest BCUT2D eigenvalue weighted by molar-refractivity contribution is 0.693. The van der Waals surface area contributed by atoms with Gasteiger partial charge < -0.3 is 5.32 Å². The minimum absolute atomic E-state index is 0.715. The highest BCUT2D eigenvalue weighted by Gasteiger charge is 2.10. The van der Waals surface area contributed by atoms with Gasteiger partial charge in [-0.15, -0.1) is 0 Å². The van der Waals surface area contributed by atoms with Crippen molar-refractivity contribution in [1.29, 1.82) is 5.26 Å². The van der Waals surface area contributed by atoms with Gasteiger partial charge in [-0.1, -0.05) is 30.3 Å². The Kier molecular flexibility index (Phi) is 3.80. The van der Waals surface area contributed by atoms with Gasteiger partial charge in [0.2, 0.25) is 0 Å². The van der Waals surface area contributed by atoms with Crippen molar-refractivity contribution in [2.75, 3.05) is 0 Å². The fraction of sp³-hybridized carbons (Fsp3) is 0.278. The summed E-state index contributed by atoms with van der Waals surface area (Å²) < 4.78 is 0. The first-order chi connectivity index (χ1) is 9.85. The van der Waals surface area contributed by atoms with Gasteiger partial charge in [-0.05, 0) is 53.6 Å². The molecule has 0 heterocycles. The third kappa shape index (κ3) is 2.89. The van der Waals surface area contributed by atoms with E-state index in [0.29, 0.717) is 5.56 Å². The number of hydrogen-bond donors (Lipinski definition) is 1. The molecular formula is C18H18N2. The molecule has 0 unspecified atom stereocenters. The molecule has 20 heavy (non-hydrogen) atoms. The smallest absolute Gasteiger partial charge is 0.0991 e. The Hall–Kier alpha value is -2.11. The summed E-state index contributed by atoms with van der Waals surface area (Å²) in [4.78, 5) is 0. The molecule has 0 aromatic heterocycles. The summed E-state index contributed by atoms with van der Waals surface area (Å²) in [5, 5.41) is 12.2. The van der Waals surface area contributed by atoms with Crippen molar-refractivity contribution in [3.8, 4) is 6.07 Å². The van der Waals surface area contributed by atoms with Crippen LogP contribution in [-0.4, -0.2) is 0 Å². The van der Waals surface area contributed by atoms with Crippen molar-refractivity contribution in [3.63, 3.8) is 0 Å². The Morgan fingerprint density at radius 1 is 0.900 bits per heavy atom. The molecule has 1 N–H and O–H groups in total. The molecule has 0 bridgehead atoms. The lowest BCUT2D eigenvalue weighted by Gasteiger charge is -2.07. The zero-order valence-electron chi connectivity index (χ0n) is 11.5. The Morgan fingerprint density at radius 2 is 1.60 bits per heavy atom. The number of benzene rings is 2. The maximum absolute atomic E-state index is 8.76. The van der Waals surface area contributed by atoms with Gasteiger partial charge >= 0.3 is 0 Å². The van der Waals surface area contributed by atoms with E-state index in [1.54, 1.807) is 0 Å². The Morgan fingerprint density at radius 3 is 2.40 bits per heavy atom. The number of aryl methyl sites for hydroxylation is 2. The predicted molar refractivity (Wildman–Crippen MR) is 80.2 cm³/mol. The Bertz CT molecular complexity index is 635. The fourth-order valence-electron chi connectivity index (χ4n) is 2.78. The monoisotopic (exact) mass is 262 g/mol. The van der Waals surface area contributed by atoms with Crippen LogP contribution in [0, 0.1) is 11.3 Å². The van der Waals surface area contributed by atoms with Crippen LogP contribution in [0.3, 0.4) is 0 Å². The van der Waals surface area contributed by atoms with E-state index in [2.05, 4.69) is 29.6 Å². The highest BCUT2D eigenvalue weighted by molar-refractivity contribution is 5.35. The lowest BCUT2D eigenvalue weighted by Crippen LogP contribution is -2.12. The molecule has 0 aliphatic heterocycles. The van der Waals surface area contributed by atoms with Crippen LogP contribution < -0.4 is 5.32 Å². The van der Waals surface area contributed by atoms with Gasteiger partial charge in [-0.3, -0.25) is 0 Å². The van der Waals surface area contributed by atoms with Crippen LogP contribution >= 0.6 is 0 Å². The summed E-state index contributed by atoms with van der Waals surface area (Å²) in [5.41, 5.74) is 6.35. The zero-order chi connectivity index (χ0) is 13.8. The van der Waals surface area contributed by atoms with Crippen molar-refractivity contribution in [1.82, 2.24) is 5.32 Å². The standard InChI is InChI=1S/C18H18N2/c19-11-14-4-6-15(7-5-14)12-20-13-16-8-9-17-2-1-3-18(17)10-16/h4-10,20H,1-3,12-13H2. The second-order valence-corrected chi connectivity index (χ2v) is 5.37. The van der Waals surface area contributed by atoms with Crippen molar-refractivity contribution in [2.24, 2.45) is 0 Å². The average Bonchev–Trinajstić information content (AvgIpc) is 2.95. The first-order valence-corrected chi connectivity index (χ1v) is 7.15. The molecular weight excluding hydrogens is 244 g/mol. The molecule has 0 saturated heterocycles. The van der Waals surface area contributed by atoms with Crippen molar-refractivity contribution >= 4 is 0 Å². The number of rotatable bonds is 4. The predicted octanol–water partition coefficient (Wildman–Crippen LogP) is 3.34. The Labute approximate surface area is 120 Å². The number of nitriles is 1. The molecule has 2 nitrogen and oxygen atoms in total. The van der Waals surface area contributed by atoms with E-state index >= 15 is 0 Å². The van der Waals surface area contributed by atoms with Crippen LogP contribution in [-0.2, 0) is 25.9 Å². The third-order valence-corrected chi connectivity index (χ3v) is 3.90. The molecule has 0 amide bonds. The van der Waals surface area contributed by atoms with Crippen LogP contribution in [0.15, 0.2) is 42.5 Å². The summed E-state index contributed by atoms with van der Waals surface area (Å²) >= 11 is 0. The van der Waals surface area contributed by atoms with Crippen LogP contribution in [0.5, 0.6) is 0 Å². The molecule has 3 rings (SSSR count). The van der Waals surface area contributed by atoms with Crippen molar-refractivity contribution in [3.05, 3.63) is 70.3 Å². The quantitative estimate of drug-likeness (QED) is 0.917. The van der Waals surface area contributed by atoms with Gasteiger partial charge in [0.1, 0.15) is 0 Å². The van der Waals surface area contributed by atoms with Crippen LogP contribution in [0.1, 0.15) is 34.2 Å². The van der Waals surface area contributed by atoms with E-state index in [4.69, 9.17) is 5.26 Å². The molecule has 0 spiro atoms. The summed E-state index contributed by atoms with van der Waals surface area (Å²) in [5.74, 6) is 0. The average molecular weight is 262 g/mol. The van der Waals surface area contributed by atoms with E-state index in [1.807, 2.05) is 24.3 Å². The van der Waals surface area contributed by atoms with E-state index in [9.17, 15) is 0 Å². The van der Waals surface area contributed by atoms with E-state index in [0.717, 1.165) is 13.1 Å². The second-order valence-electron chi connectivity index (χ2n) is 5.37. The molecule has 2 heteroatoms. The number of nitrogens with zero attached hydrogens (tertiary/aromatic N) is 1. The van der Waals surface area contributed by atoms with E-state index in [1.165, 1.54) is 41.5 Å². The SMILES string of the molecule is N#Cc1ccc(CNCc2ccc3c(c2)CCC3)cc1. The number of nitrogens with one attached hydrogen (secondary N) is 1. The Balaban J connectivity index is 1.56. The summed E-state index contributed by atoms with van der Waals surface area (Å²) in [7, 11) is 0. The molecule has 0 radical (unpaired) electrons. The van der Waals surface area contributed by atoms with Gasteiger partial charge in [0.15, 0.2) is 0 Å². The molecule has 0 fully saturated rings. The molecule has 1 aliphatic rings. The van der Waals surface area contributed by atoms with Gasteiger partial charge in [0, 0.05) is 13.1 Å². The maximum atomic E-state index is 8.76. The summed E-state index contributed by atoms with van der Waals surface area (Å²) in [6, 6.07) is 16.7. The third-order valence-electron chi connectivity index (χ3n) is 3.90. The molecule has 2 aromatic carbocycles. The van der Waals surface area contributed by atoms with Gasteiger partial charge in [0.25, 0.3) is 0 Å². The van der Waals surface area contributed by atoms with E-state index < -0.39 is 0 Å². The normalized spacial score (nSPS) is 12.9. The number of hydrogen-bond acceptors (Lipinski definition) is 2. The van der Waals surface area contributed by atoms with Gasteiger partial charge in [0.05, 0.1) is 11.6 Å². The summed E-state index contributed by atoms with van der Waals surface area (Å²) in [6.07, 6.45) is 3.78. The van der Waals surface area contributed by atoms with Gasteiger partial charge in [-0.25, -0.2) is 0 Å². The first kappa shape index (κ1) is 12.9. The molecule has 0 saturated carbocycles. The highest BCUT2D eigenvalue weighted by Crippen LogP contribution is 2.22. The van der Waals surface area contributed by atoms with Crippen LogP contribution in [0.25, 0.3) is 0 Å². The second kappa shape index (κ2) is 5.90. The van der Waals surface area contributed by atoms with Crippen molar-refractivity contribution < 1.29 is 0 Å². The largest absolute Gasteiger partial charge is 0.309 e. The minimum Gasteiger partial charge on any atom is -0.309 e. The maximum Gasteiger partial charge on any atom is 0.0991 e. The minimum atomic E-state index is 0.715. The zero-order valence-corrected chi connectivity index (χ0v) is 11.5. The fourth-order valence-corrected chi connectivity index (χ4v) is 2.78. The molecule has 1 aliphatic carbocycles. The first-order valence-electron chi connectivity index (χ1n) is 7.15. The lowest BCUT2D eigenvalue weighted by atomic mass is 10.1. The van der Waals surface area contributed by atoms with Crippen molar-refractivity contribution in [2.45, 2.75) is 32.4 Å². The van der Waals surface area contributed by atoms with Gasteiger partial charge in [-0.2, -0.15) is 5.26 Å². The highest BCUT2D eigenvalue weighted by atomic mass is 14.8. The topological polar surface area (TPSA) is 35.8 Å².